The standard InChI is InChI=1S/C20H15N3O2S/c1-25-16-7-5-12(14-10-21-20(24)18(14)16)11-4-6-15-13(9-11)19(23-22-15)17-3-2-8-26-17/h2-9H,10H2,1H3,(H,21,24)(H,22,23). The van der Waals surface area contributed by atoms with Crippen molar-refractivity contribution in [1.29, 1.82) is 0 Å². The molecule has 0 saturated heterocycles. The highest BCUT2D eigenvalue weighted by molar-refractivity contribution is 7.13. The minimum Gasteiger partial charge on any atom is -0.496 e. The molecule has 26 heavy (non-hydrogen) atoms. The number of amides is 1. The third-order valence-corrected chi connectivity index (χ3v) is 5.65. The zero-order chi connectivity index (χ0) is 17.7. The van der Waals surface area contributed by atoms with Gasteiger partial charge in [0.1, 0.15) is 11.4 Å². The first kappa shape index (κ1) is 15.2. The fourth-order valence-electron chi connectivity index (χ4n) is 3.54. The number of ether oxygens (including phenoxy) is 1. The van der Waals surface area contributed by atoms with E-state index in [-0.39, 0.29) is 5.91 Å². The van der Waals surface area contributed by atoms with Crippen LogP contribution in [0.4, 0.5) is 0 Å². The Morgan fingerprint density at radius 2 is 2.12 bits per heavy atom. The number of carbonyl (C=O) groups is 1. The van der Waals surface area contributed by atoms with E-state index in [1.165, 1.54) is 0 Å². The number of carbonyl (C=O) groups excluding carboxylic acids is 1. The van der Waals surface area contributed by atoms with Crippen LogP contribution in [0.5, 0.6) is 5.75 Å². The third kappa shape index (κ3) is 2.16. The molecule has 3 heterocycles. The summed E-state index contributed by atoms with van der Waals surface area (Å²) in [6.45, 7) is 0.516. The maximum absolute atomic E-state index is 12.2. The largest absolute Gasteiger partial charge is 0.496 e. The predicted octanol–water partition coefficient (Wildman–Crippen LogP) is 4.21. The van der Waals surface area contributed by atoms with Crippen molar-refractivity contribution < 1.29 is 9.53 Å². The molecule has 1 aliphatic rings. The van der Waals surface area contributed by atoms with Crippen LogP contribution < -0.4 is 10.1 Å². The normalized spacial score (nSPS) is 13.0. The van der Waals surface area contributed by atoms with Crippen molar-refractivity contribution in [2.45, 2.75) is 6.54 Å². The zero-order valence-corrected chi connectivity index (χ0v) is 14.8. The van der Waals surface area contributed by atoms with Gasteiger partial charge in [-0.3, -0.25) is 9.89 Å². The molecule has 0 saturated carbocycles. The molecule has 2 N–H and O–H groups in total. The molecule has 4 aromatic rings. The summed E-state index contributed by atoms with van der Waals surface area (Å²) in [6, 6.07) is 14.2. The zero-order valence-electron chi connectivity index (χ0n) is 14.0. The van der Waals surface area contributed by atoms with Gasteiger partial charge >= 0.3 is 0 Å². The van der Waals surface area contributed by atoms with Crippen molar-refractivity contribution in [1.82, 2.24) is 15.5 Å². The quantitative estimate of drug-likeness (QED) is 0.574. The number of hydrogen-bond donors (Lipinski definition) is 2. The molecule has 5 nitrogen and oxygen atoms in total. The van der Waals surface area contributed by atoms with Crippen LogP contribution in [0.2, 0.25) is 0 Å². The lowest BCUT2D eigenvalue weighted by molar-refractivity contribution is 0.0963. The Labute approximate surface area is 153 Å². The Morgan fingerprint density at radius 1 is 1.19 bits per heavy atom. The number of aromatic nitrogens is 2. The SMILES string of the molecule is COc1ccc(-c2ccc3[nH]nc(-c4cccs4)c3c2)c2c1C(=O)NC2. The van der Waals surface area contributed by atoms with Gasteiger partial charge in [0.25, 0.3) is 5.91 Å². The Balaban J connectivity index is 1.71. The number of aromatic amines is 1. The van der Waals surface area contributed by atoms with Gasteiger partial charge in [0.15, 0.2) is 0 Å². The third-order valence-electron chi connectivity index (χ3n) is 4.78. The van der Waals surface area contributed by atoms with Crippen LogP contribution in [0.25, 0.3) is 32.6 Å². The Bertz CT molecular complexity index is 1150. The van der Waals surface area contributed by atoms with Gasteiger partial charge in [-0.25, -0.2) is 0 Å². The van der Waals surface area contributed by atoms with E-state index in [0.29, 0.717) is 17.9 Å². The highest BCUT2D eigenvalue weighted by Gasteiger charge is 2.26. The molecule has 5 rings (SSSR count). The van der Waals surface area contributed by atoms with Crippen LogP contribution in [-0.4, -0.2) is 23.2 Å². The number of fused-ring (bicyclic) bond motifs is 2. The number of rotatable bonds is 3. The monoisotopic (exact) mass is 361 g/mol. The van der Waals surface area contributed by atoms with E-state index in [1.807, 2.05) is 29.6 Å². The highest BCUT2D eigenvalue weighted by Crippen LogP contribution is 2.37. The van der Waals surface area contributed by atoms with Gasteiger partial charge in [0.2, 0.25) is 0 Å². The van der Waals surface area contributed by atoms with E-state index in [0.717, 1.165) is 38.2 Å². The van der Waals surface area contributed by atoms with Crippen molar-refractivity contribution in [2.75, 3.05) is 7.11 Å². The molecule has 0 spiro atoms. The van der Waals surface area contributed by atoms with E-state index in [4.69, 9.17) is 4.74 Å². The Kier molecular flexibility index (Phi) is 3.33. The predicted molar refractivity (Wildman–Crippen MR) is 103 cm³/mol. The minimum atomic E-state index is -0.0811. The van der Waals surface area contributed by atoms with Crippen molar-refractivity contribution in [3.8, 4) is 27.4 Å². The molecule has 2 aromatic carbocycles. The first-order valence-corrected chi connectivity index (χ1v) is 9.14. The van der Waals surface area contributed by atoms with Gasteiger partial charge in [0.05, 0.1) is 23.1 Å². The average Bonchev–Trinajstić information content (AvgIpc) is 3.40. The fourth-order valence-corrected chi connectivity index (χ4v) is 4.27. The lowest BCUT2D eigenvalue weighted by Crippen LogP contribution is -2.13. The highest BCUT2D eigenvalue weighted by atomic mass is 32.1. The molecule has 1 amide bonds. The first-order chi connectivity index (χ1) is 12.8. The lowest BCUT2D eigenvalue weighted by atomic mass is 9.95. The van der Waals surface area contributed by atoms with Gasteiger partial charge in [-0.1, -0.05) is 18.2 Å². The maximum atomic E-state index is 12.2. The van der Waals surface area contributed by atoms with Crippen molar-refractivity contribution >= 4 is 28.1 Å². The van der Waals surface area contributed by atoms with Crippen LogP contribution in [0.15, 0.2) is 47.8 Å². The molecule has 0 radical (unpaired) electrons. The van der Waals surface area contributed by atoms with Crippen LogP contribution in [0.3, 0.4) is 0 Å². The first-order valence-electron chi connectivity index (χ1n) is 8.26. The number of thiophene rings is 1. The van der Waals surface area contributed by atoms with Crippen molar-refractivity contribution in [3.63, 3.8) is 0 Å². The summed E-state index contributed by atoms with van der Waals surface area (Å²) < 4.78 is 5.37. The summed E-state index contributed by atoms with van der Waals surface area (Å²) in [5.41, 5.74) is 5.67. The van der Waals surface area contributed by atoms with Crippen LogP contribution in [0, 0.1) is 0 Å². The summed E-state index contributed by atoms with van der Waals surface area (Å²) in [6.07, 6.45) is 0. The summed E-state index contributed by atoms with van der Waals surface area (Å²) in [7, 11) is 1.59. The molecule has 0 aliphatic carbocycles. The molecule has 2 aromatic heterocycles. The Hall–Kier alpha value is -3.12. The second-order valence-corrected chi connectivity index (χ2v) is 7.11. The van der Waals surface area contributed by atoms with Crippen LogP contribution >= 0.6 is 11.3 Å². The van der Waals surface area contributed by atoms with Crippen molar-refractivity contribution in [3.05, 3.63) is 59.0 Å². The minimum absolute atomic E-state index is 0.0811. The van der Waals surface area contributed by atoms with E-state index in [2.05, 4.69) is 33.7 Å². The van der Waals surface area contributed by atoms with E-state index in [9.17, 15) is 4.79 Å². The lowest BCUT2D eigenvalue weighted by Gasteiger charge is -2.11. The number of benzene rings is 2. The van der Waals surface area contributed by atoms with E-state index in [1.54, 1.807) is 18.4 Å². The van der Waals surface area contributed by atoms with Gasteiger partial charge in [0, 0.05) is 11.9 Å². The summed E-state index contributed by atoms with van der Waals surface area (Å²) in [5, 5.41) is 13.6. The molecule has 6 heteroatoms. The molecule has 0 fully saturated rings. The number of nitrogens with zero attached hydrogens (tertiary/aromatic N) is 1. The molecule has 0 atom stereocenters. The van der Waals surface area contributed by atoms with Gasteiger partial charge in [-0.15, -0.1) is 11.3 Å². The number of nitrogens with one attached hydrogen (secondary N) is 2. The molecule has 0 bridgehead atoms. The fraction of sp³-hybridized carbons (Fsp3) is 0.100. The van der Waals surface area contributed by atoms with Gasteiger partial charge in [-0.05, 0) is 46.3 Å². The van der Waals surface area contributed by atoms with Gasteiger partial charge < -0.3 is 10.1 Å². The average molecular weight is 361 g/mol. The van der Waals surface area contributed by atoms with E-state index >= 15 is 0 Å². The molecule has 0 unspecified atom stereocenters. The summed E-state index contributed by atoms with van der Waals surface area (Å²) in [4.78, 5) is 13.3. The second kappa shape index (κ2) is 5.71. The van der Waals surface area contributed by atoms with Gasteiger partial charge in [-0.2, -0.15) is 5.10 Å². The molecular formula is C20H15N3O2S. The number of methoxy groups -OCH3 is 1. The van der Waals surface area contributed by atoms with E-state index < -0.39 is 0 Å². The smallest absolute Gasteiger partial charge is 0.255 e. The van der Waals surface area contributed by atoms with Crippen LogP contribution in [-0.2, 0) is 6.54 Å². The topological polar surface area (TPSA) is 67.0 Å². The Morgan fingerprint density at radius 3 is 2.92 bits per heavy atom. The summed E-state index contributed by atoms with van der Waals surface area (Å²) >= 11 is 1.67. The maximum Gasteiger partial charge on any atom is 0.255 e. The molecular weight excluding hydrogens is 346 g/mol. The number of hydrogen-bond acceptors (Lipinski definition) is 4. The number of H-pyrrole nitrogens is 1. The summed E-state index contributed by atoms with van der Waals surface area (Å²) in [5.74, 6) is 0.532. The second-order valence-electron chi connectivity index (χ2n) is 6.16. The van der Waals surface area contributed by atoms with Crippen molar-refractivity contribution in [2.24, 2.45) is 0 Å². The molecule has 128 valence electrons. The van der Waals surface area contributed by atoms with Crippen LogP contribution in [0.1, 0.15) is 15.9 Å². The molecule has 1 aliphatic heterocycles.